The number of hydrogen-bond acceptors (Lipinski definition) is 4. The Hall–Kier alpha value is -1.15. The lowest BCUT2D eigenvalue weighted by atomic mass is 9.88. The van der Waals surface area contributed by atoms with Crippen LogP contribution in [0.15, 0.2) is 21.8 Å². The number of nitrogens with zero attached hydrogens (tertiary/aromatic N) is 1. The first-order valence-corrected chi connectivity index (χ1v) is 7.23. The van der Waals surface area contributed by atoms with Crippen molar-refractivity contribution in [2.75, 3.05) is 0 Å². The Morgan fingerprint density at radius 3 is 2.44 bits per heavy atom. The van der Waals surface area contributed by atoms with Gasteiger partial charge in [0, 0.05) is 10.7 Å². The Morgan fingerprint density at radius 2 is 2.00 bits per heavy atom. The lowest BCUT2D eigenvalue weighted by Crippen LogP contribution is -2.30. The molecule has 0 aliphatic heterocycles. The van der Waals surface area contributed by atoms with Crippen LogP contribution in [0.3, 0.4) is 0 Å². The fourth-order valence-electron chi connectivity index (χ4n) is 1.31. The molecule has 0 spiro atoms. The van der Waals surface area contributed by atoms with Gasteiger partial charge in [-0.15, -0.1) is 0 Å². The van der Waals surface area contributed by atoms with Crippen molar-refractivity contribution in [3.05, 3.63) is 22.3 Å². The van der Waals surface area contributed by atoms with E-state index < -0.39 is 16.1 Å². The first kappa shape index (κ1) is 14.9. The summed E-state index contributed by atoms with van der Waals surface area (Å²) in [6, 6.07) is 1.36. The minimum Gasteiger partial charge on any atom is -0.464 e. The van der Waals surface area contributed by atoms with Crippen molar-refractivity contribution in [2.24, 2.45) is 0 Å². The number of rotatable bonds is 2. The Bertz CT molecular complexity index is 578. The molecular formula is C10H13BrN2O4S. The van der Waals surface area contributed by atoms with Crippen LogP contribution in [0, 0.1) is 0 Å². The molecule has 0 bridgehead atoms. The third-order valence-corrected chi connectivity index (χ3v) is 3.98. The summed E-state index contributed by atoms with van der Waals surface area (Å²) in [5.74, 6) is 0. The predicted molar refractivity (Wildman–Crippen MR) is 69.0 cm³/mol. The monoisotopic (exact) mass is 336 g/mol. The molecule has 0 atom stereocenters. The Balaban J connectivity index is 3.34. The topological polar surface area (TPSA) is 96.4 Å². The summed E-state index contributed by atoms with van der Waals surface area (Å²) in [5.41, 5.74) is 0.429. The van der Waals surface area contributed by atoms with Crippen molar-refractivity contribution < 1.29 is 18.3 Å². The molecule has 0 saturated heterocycles. The van der Waals surface area contributed by atoms with Crippen molar-refractivity contribution in [2.45, 2.75) is 31.2 Å². The van der Waals surface area contributed by atoms with E-state index in [-0.39, 0.29) is 10.4 Å². The second-order valence-corrected chi connectivity index (χ2v) is 7.15. The second kappa shape index (κ2) is 4.85. The van der Waals surface area contributed by atoms with E-state index >= 15 is 0 Å². The molecule has 6 nitrogen and oxygen atoms in total. The molecule has 1 aromatic rings. The summed E-state index contributed by atoms with van der Waals surface area (Å²) in [7, 11) is -4.14. The van der Waals surface area contributed by atoms with Crippen molar-refractivity contribution in [3.8, 4) is 0 Å². The SMILES string of the molecule is CC(C)(C)c1cc(S(=O)(=O)NC(=O)O)ncc1Br. The Morgan fingerprint density at radius 1 is 1.44 bits per heavy atom. The summed E-state index contributed by atoms with van der Waals surface area (Å²) in [6.45, 7) is 5.73. The van der Waals surface area contributed by atoms with Gasteiger partial charge in [0.25, 0.3) is 10.0 Å². The fourth-order valence-corrected chi connectivity index (χ4v) is 2.92. The smallest absolute Gasteiger partial charge is 0.418 e. The van der Waals surface area contributed by atoms with Crippen LogP contribution in [-0.2, 0) is 15.4 Å². The Labute approximate surface area is 114 Å². The van der Waals surface area contributed by atoms with Gasteiger partial charge in [0.15, 0.2) is 5.03 Å². The summed E-state index contributed by atoms with van der Waals surface area (Å²) in [5, 5.41) is 8.15. The summed E-state index contributed by atoms with van der Waals surface area (Å²) in [6.07, 6.45) is -0.297. The lowest BCUT2D eigenvalue weighted by Gasteiger charge is -2.21. The quantitative estimate of drug-likeness (QED) is 0.861. The number of carboxylic acid groups (broad SMARTS) is 1. The number of carbonyl (C=O) groups is 1. The van der Waals surface area contributed by atoms with E-state index in [2.05, 4.69) is 20.9 Å². The third kappa shape index (κ3) is 3.42. The first-order valence-electron chi connectivity index (χ1n) is 4.96. The molecule has 18 heavy (non-hydrogen) atoms. The van der Waals surface area contributed by atoms with E-state index in [1.165, 1.54) is 17.0 Å². The Kier molecular flexibility index (Phi) is 4.02. The van der Waals surface area contributed by atoms with Gasteiger partial charge in [-0.25, -0.2) is 14.5 Å². The molecule has 0 aromatic carbocycles. The van der Waals surface area contributed by atoms with Gasteiger partial charge in [-0.1, -0.05) is 20.8 Å². The maximum Gasteiger partial charge on any atom is 0.418 e. The van der Waals surface area contributed by atoms with Crippen LogP contribution in [0.2, 0.25) is 0 Å². The van der Waals surface area contributed by atoms with Crippen molar-refractivity contribution >= 4 is 32.0 Å². The standard InChI is InChI=1S/C10H13BrN2O4S/c1-10(2,3)6-4-8(12-5-7(6)11)18(16,17)13-9(14)15/h4-5,13H,1-3H3,(H,14,15). The fraction of sp³-hybridized carbons (Fsp3) is 0.400. The minimum absolute atomic E-state index is 0.296. The number of halogens is 1. The van der Waals surface area contributed by atoms with Gasteiger partial charge in [-0.2, -0.15) is 8.42 Å². The average molecular weight is 337 g/mol. The highest BCUT2D eigenvalue weighted by atomic mass is 79.9. The normalized spacial score (nSPS) is 12.2. The summed E-state index contributed by atoms with van der Waals surface area (Å²) < 4.78 is 25.4. The van der Waals surface area contributed by atoms with Crippen LogP contribution in [0.1, 0.15) is 26.3 Å². The summed E-state index contributed by atoms with van der Waals surface area (Å²) in [4.78, 5) is 14.1. The zero-order chi connectivity index (χ0) is 14.1. The number of aromatic nitrogens is 1. The molecule has 2 N–H and O–H groups in total. The summed E-state index contributed by atoms with van der Waals surface area (Å²) >= 11 is 3.29. The van der Waals surface area contributed by atoms with Crippen LogP contribution in [-0.4, -0.2) is 24.6 Å². The van der Waals surface area contributed by atoms with Crippen LogP contribution < -0.4 is 4.72 Å². The third-order valence-electron chi connectivity index (χ3n) is 2.14. The van der Waals surface area contributed by atoms with Crippen molar-refractivity contribution in [1.29, 1.82) is 0 Å². The van der Waals surface area contributed by atoms with Gasteiger partial charge in [0.2, 0.25) is 0 Å². The zero-order valence-corrected chi connectivity index (χ0v) is 12.5. The lowest BCUT2D eigenvalue weighted by molar-refractivity contribution is 0.201. The molecule has 0 aliphatic carbocycles. The van der Waals surface area contributed by atoms with Gasteiger partial charge in [-0.3, -0.25) is 0 Å². The molecule has 1 amide bonds. The number of amides is 1. The zero-order valence-electron chi connectivity index (χ0n) is 10.1. The highest BCUT2D eigenvalue weighted by Crippen LogP contribution is 2.30. The highest BCUT2D eigenvalue weighted by molar-refractivity contribution is 9.10. The highest BCUT2D eigenvalue weighted by Gasteiger charge is 2.24. The molecule has 1 heterocycles. The van der Waals surface area contributed by atoms with Gasteiger partial charge >= 0.3 is 6.09 Å². The van der Waals surface area contributed by atoms with Crippen LogP contribution in [0.5, 0.6) is 0 Å². The van der Waals surface area contributed by atoms with Crippen LogP contribution >= 0.6 is 15.9 Å². The molecule has 0 aliphatic rings. The maximum absolute atomic E-state index is 11.7. The van der Waals surface area contributed by atoms with Crippen molar-refractivity contribution in [3.63, 3.8) is 0 Å². The van der Waals surface area contributed by atoms with E-state index in [1.807, 2.05) is 20.8 Å². The second-order valence-electron chi connectivity index (χ2n) is 4.66. The number of pyridine rings is 1. The molecule has 0 fully saturated rings. The molecular weight excluding hydrogens is 324 g/mol. The van der Waals surface area contributed by atoms with Gasteiger partial charge in [-0.05, 0) is 33.0 Å². The van der Waals surface area contributed by atoms with E-state index in [0.29, 0.717) is 4.47 Å². The number of sulfonamides is 1. The van der Waals surface area contributed by atoms with Gasteiger partial charge in [0.05, 0.1) is 0 Å². The molecule has 0 unspecified atom stereocenters. The van der Waals surface area contributed by atoms with Gasteiger partial charge < -0.3 is 5.11 Å². The minimum atomic E-state index is -4.14. The van der Waals surface area contributed by atoms with E-state index in [0.717, 1.165) is 5.56 Å². The first-order chi connectivity index (χ1) is 8.04. The largest absolute Gasteiger partial charge is 0.464 e. The molecule has 100 valence electrons. The molecule has 0 radical (unpaired) electrons. The predicted octanol–water partition coefficient (Wildman–Crippen LogP) is 2.10. The molecule has 0 saturated carbocycles. The van der Waals surface area contributed by atoms with Crippen LogP contribution in [0.25, 0.3) is 0 Å². The number of hydrogen-bond donors (Lipinski definition) is 2. The maximum atomic E-state index is 11.7. The van der Waals surface area contributed by atoms with E-state index in [1.54, 1.807) is 0 Å². The molecule has 1 rings (SSSR count). The average Bonchev–Trinajstić information content (AvgIpc) is 2.13. The van der Waals surface area contributed by atoms with Gasteiger partial charge in [0.1, 0.15) is 0 Å². The molecule has 1 aromatic heterocycles. The van der Waals surface area contributed by atoms with E-state index in [4.69, 9.17) is 5.11 Å². The van der Waals surface area contributed by atoms with E-state index in [9.17, 15) is 13.2 Å². The number of nitrogens with one attached hydrogen (secondary N) is 1. The van der Waals surface area contributed by atoms with Crippen molar-refractivity contribution in [1.82, 2.24) is 9.71 Å². The van der Waals surface area contributed by atoms with Crippen LogP contribution in [0.4, 0.5) is 4.79 Å². The molecule has 8 heteroatoms.